The van der Waals surface area contributed by atoms with Crippen LogP contribution in [0.25, 0.3) is 0 Å². The lowest BCUT2D eigenvalue weighted by Gasteiger charge is -2.17. The average molecular weight is 437 g/mol. The van der Waals surface area contributed by atoms with Crippen LogP contribution in [-0.4, -0.2) is 28.1 Å². The van der Waals surface area contributed by atoms with Gasteiger partial charge >= 0.3 is 0 Å². The van der Waals surface area contributed by atoms with E-state index < -0.39 is 0 Å². The van der Waals surface area contributed by atoms with Crippen LogP contribution in [-0.2, 0) is 17.8 Å². The van der Waals surface area contributed by atoms with Crippen molar-refractivity contribution in [2.45, 2.75) is 26.3 Å². The smallest absolute Gasteiger partial charge is 0.278 e. The molecule has 8 heteroatoms. The summed E-state index contributed by atoms with van der Waals surface area (Å²) in [5, 5.41) is 7.61. The predicted molar refractivity (Wildman–Crippen MR) is 120 cm³/mol. The van der Waals surface area contributed by atoms with Gasteiger partial charge in [-0.05, 0) is 54.8 Å². The van der Waals surface area contributed by atoms with Crippen LogP contribution in [0.1, 0.15) is 28.0 Å². The van der Waals surface area contributed by atoms with E-state index in [1.165, 1.54) is 12.1 Å². The van der Waals surface area contributed by atoms with E-state index in [1.54, 1.807) is 23.1 Å². The number of hydrogen-bond donors (Lipinski definition) is 1. The Hall–Kier alpha value is -3.45. The molecule has 2 aromatic carbocycles. The highest BCUT2D eigenvalue weighted by Crippen LogP contribution is 2.28. The molecule has 0 spiro atoms. The van der Waals surface area contributed by atoms with Crippen LogP contribution >= 0.6 is 11.6 Å². The van der Waals surface area contributed by atoms with E-state index in [-0.39, 0.29) is 36.0 Å². The zero-order valence-corrected chi connectivity index (χ0v) is 17.7. The number of para-hydroxylation sites is 1. The van der Waals surface area contributed by atoms with E-state index in [0.717, 1.165) is 27.9 Å². The highest BCUT2D eigenvalue weighted by atomic mass is 35.5. The second kappa shape index (κ2) is 8.73. The number of aryl methyl sites for hydroxylation is 2. The summed E-state index contributed by atoms with van der Waals surface area (Å²) in [4.78, 5) is 39.2. The van der Waals surface area contributed by atoms with Gasteiger partial charge in [-0.15, -0.1) is 0 Å². The topological polar surface area (TPSA) is 84.3 Å². The quantitative estimate of drug-likeness (QED) is 0.664. The van der Waals surface area contributed by atoms with Crippen molar-refractivity contribution >= 4 is 34.8 Å². The van der Waals surface area contributed by atoms with E-state index in [9.17, 15) is 14.4 Å². The van der Waals surface area contributed by atoms with Crippen molar-refractivity contribution in [1.82, 2.24) is 9.78 Å². The fraction of sp³-hybridized carbons (Fsp3) is 0.217. The summed E-state index contributed by atoms with van der Waals surface area (Å²) in [6, 6.07) is 15.7. The van der Waals surface area contributed by atoms with Gasteiger partial charge in [0.25, 0.3) is 11.5 Å². The first-order chi connectivity index (χ1) is 14.9. The number of fused-ring (bicyclic) bond motifs is 1. The number of nitrogens with zero attached hydrogens (tertiary/aromatic N) is 3. The van der Waals surface area contributed by atoms with Crippen LogP contribution in [0.5, 0.6) is 0 Å². The molecule has 2 heterocycles. The summed E-state index contributed by atoms with van der Waals surface area (Å²) in [6.07, 6.45) is 0.824. The molecule has 7 nitrogen and oxygen atoms in total. The minimum atomic E-state index is -0.367. The third-order valence-electron chi connectivity index (χ3n) is 5.23. The van der Waals surface area contributed by atoms with E-state index in [0.29, 0.717) is 17.3 Å². The zero-order valence-electron chi connectivity index (χ0n) is 17.0. The monoisotopic (exact) mass is 436 g/mol. The van der Waals surface area contributed by atoms with Gasteiger partial charge in [-0.3, -0.25) is 14.4 Å². The number of amides is 2. The lowest BCUT2D eigenvalue weighted by molar-refractivity contribution is -0.116. The minimum Gasteiger partial charge on any atom is -0.326 e. The molecule has 1 aliphatic heterocycles. The number of rotatable bonds is 5. The van der Waals surface area contributed by atoms with E-state index >= 15 is 0 Å². The number of hydrogen-bond acceptors (Lipinski definition) is 4. The van der Waals surface area contributed by atoms with Gasteiger partial charge in [-0.1, -0.05) is 29.8 Å². The fourth-order valence-electron chi connectivity index (χ4n) is 3.60. The Balaban J connectivity index is 1.45. The van der Waals surface area contributed by atoms with E-state index in [2.05, 4.69) is 10.4 Å². The molecule has 1 aromatic heterocycles. The van der Waals surface area contributed by atoms with Crippen LogP contribution in [0.4, 0.5) is 11.4 Å². The Morgan fingerprint density at radius 3 is 2.74 bits per heavy atom. The third kappa shape index (κ3) is 4.51. The number of halogens is 1. The molecule has 0 radical (unpaired) electrons. The first-order valence-corrected chi connectivity index (χ1v) is 10.3. The molecule has 31 heavy (non-hydrogen) atoms. The molecule has 0 aliphatic carbocycles. The van der Waals surface area contributed by atoms with Gasteiger partial charge in [0.2, 0.25) is 5.91 Å². The van der Waals surface area contributed by atoms with Gasteiger partial charge in [0.15, 0.2) is 0 Å². The maximum atomic E-state index is 13.0. The van der Waals surface area contributed by atoms with Crippen molar-refractivity contribution in [1.29, 1.82) is 0 Å². The lowest BCUT2D eigenvalue weighted by Crippen LogP contribution is -2.33. The summed E-state index contributed by atoms with van der Waals surface area (Å²) in [6.45, 7) is 2.48. The Morgan fingerprint density at radius 1 is 1.13 bits per heavy atom. The fourth-order valence-corrected chi connectivity index (χ4v) is 3.82. The minimum absolute atomic E-state index is 0.0408. The van der Waals surface area contributed by atoms with E-state index in [4.69, 9.17) is 11.6 Å². The zero-order chi connectivity index (χ0) is 22.0. The molecule has 4 rings (SSSR count). The Kier molecular flexibility index (Phi) is 5.86. The summed E-state index contributed by atoms with van der Waals surface area (Å²) in [7, 11) is 0. The molecule has 3 aromatic rings. The van der Waals surface area contributed by atoms with Crippen LogP contribution in [0.15, 0.2) is 59.4 Å². The number of aromatic nitrogens is 2. The molecule has 0 atom stereocenters. The second-order valence-corrected chi connectivity index (χ2v) is 7.81. The van der Waals surface area contributed by atoms with Crippen molar-refractivity contribution < 1.29 is 9.59 Å². The number of carbonyl (C=O) groups excluding carboxylic acids is 2. The summed E-state index contributed by atoms with van der Waals surface area (Å²) >= 11 is 5.94. The first kappa shape index (κ1) is 20.8. The van der Waals surface area contributed by atoms with Gasteiger partial charge in [0, 0.05) is 35.4 Å². The van der Waals surface area contributed by atoms with Crippen molar-refractivity contribution in [2.24, 2.45) is 0 Å². The molecule has 0 bridgehead atoms. The van der Waals surface area contributed by atoms with Gasteiger partial charge in [0.1, 0.15) is 5.69 Å². The molecular formula is C23H21ClN4O3. The highest BCUT2D eigenvalue weighted by molar-refractivity contribution is 6.30. The maximum absolute atomic E-state index is 13.0. The van der Waals surface area contributed by atoms with Crippen molar-refractivity contribution in [3.05, 3.63) is 86.8 Å². The molecule has 158 valence electrons. The van der Waals surface area contributed by atoms with Crippen molar-refractivity contribution in [3.8, 4) is 0 Å². The number of anilines is 2. The predicted octanol–water partition coefficient (Wildman–Crippen LogP) is 3.44. The Morgan fingerprint density at radius 2 is 1.94 bits per heavy atom. The Labute approximate surface area is 184 Å². The number of nitrogens with one attached hydrogen (secondary N) is 1. The second-order valence-electron chi connectivity index (χ2n) is 7.37. The molecule has 1 N–H and O–H groups in total. The van der Waals surface area contributed by atoms with Gasteiger partial charge in [-0.2, -0.15) is 5.10 Å². The van der Waals surface area contributed by atoms with Crippen LogP contribution in [0.3, 0.4) is 0 Å². The summed E-state index contributed by atoms with van der Waals surface area (Å²) in [5.41, 5.74) is 3.28. The SMILES string of the molecule is Cc1cc(Cl)ccc1NC(=O)CCn1nc(C(=O)N2CCc3ccccc32)ccc1=O. The molecule has 0 fully saturated rings. The van der Waals surface area contributed by atoms with Gasteiger partial charge < -0.3 is 10.2 Å². The largest absolute Gasteiger partial charge is 0.326 e. The first-order valence-electron chi connectivity index (χ1n) is 9.96. The number of benzene rings is 2. The highest BCUT2D eigenvalue weighted by Gasteiger charge is 2.26. The third-order valence-corrected chi connectivity index (χ3v) is 5.47. The molecular weight excluding hydrogens is 416 g/mol. The average Bonchev–Trinajstić information content (AvgIpc) is 3.19. The van der Waals surface area contributed by atoms with E-state index in [1.807, 2.05) is 31.2 Å². The van der Waals surface area contributed by atoms with Crippen molar-refractivity contribution in [2.75, 3.05) is 16.8 Å². The summed E-state index contributed by atoms with van der Waals surface area (Å²) in [5.74, 6) is -0.524. The standard InChI is InChI=1S/C23H21ClN4O3/c1-15-14-17(24)6-7-18(15)25-21(29)11-13-28-22(30)9-8-19(26-28)23(31)27-12-10-16-4-2-3-5-20(16)27/h2-9,14H,10-13H2,1H3,(H,25,29). The molecule has 0 unspecified atom stereocenters. The molecule has 2 amide bonds. The molecule has 0 saturated heterocycles. The van der Waals surface area contributed by atoms with Crippen LogP contribution in [0.2, 0.25) is 5.02 Å². The van der Waals surface area contributed by atoms with Crippen molar-refractivity contribution in [3.63, 3.8) is 0 Å². The maximum Gasteiger partial charge on any atom is 0.278 e. The molecule has 1 aliphatic rings. The van der Waals surface area contributed by atoms with Gasteiger partial charge in [-0.25, -0.2) is 4.68 Å². The summed E-state index contributed by atoms with van der Waals surface area (Å²) < 4.78 is 1.16. The Bertz CT molecular complexity index is 1220. The van der Waals surface area contributed by atoms with Crippen LogP contribution < -0.4 is 15.8 Å². The van der Waals surface area contributed by atoms with Gasteiger partial charge in [0.05, 0.1) is 6.54 Å². The molecule has 0 saturated carbocycles. The normalized spacial score (nSPS) is 12.5. The number of carbonyl (C=O) groups is 2. The lowest BCUT2D eigenvalue weighted by atomic mass is 10.2. The van der Waals surface area contributed by atoms with Crippen LogP contribution in [0, 0.1) is 6.92 Å².